The minimum atomic E-state index is -0.512. The van der Waals surface area contributed by atoms with E-state index in [9.17, 15) is 4.79 Å². The fourth-order valence-corrected chi connectivity index (χ4v) is 4.16. The highest BCUT2D eigenvalue weighted by Crippen LogP contribution is 2.40. The molecule has 0 saturated carbocycles. The Morgan fingerprint density at radius 1 is 1.36 bits per heavy atom. The first-order valence-corrected chi connectivity index (χ1v) is 8.84. The van der Waals surface area contributed by atoms with E-state index in [0.717, 1.165) is 4.70 Å². The molecule has 0 bridgehead atoms. The van der Waals surface area contributed by atoms with Crippen molar-refractivity contribution < 1.29 is 14.7 Å². The largest absolute Gasteiger partial charge is 0.461 e. The van der Waals surface area contributed by atoms with Crippen LogP contribution in [-0.4, -0.2) is 28.6 Å². The van der Waals surface area contributed by atoms with Gasteiger partial charge in [-0.2, -0.15) is 0 Å². The minimum Gasteiger partial charge on any atom is -0.461 e. The molecular weight excluding hydrogens is 385 g/mol. The first-order chi connectivity index (χ1) is 12.0. The van der Waals surface area contributed by atoms with Gasteiger partial charge in [0.05, 0.1) is 22.4 Å². The average Bonchev–Trinajstić information content (AvgIpc) is 3.12. The lowest BCUT2D eigenvalue weighted by atomic mass is 10.1. The fraction of sp³-hybridized carbons (Fsp3) is 0.125. The lowest BCUT2D eigenvalue weighted by Crippen LogP contribution is -2.12. The lowest BCUT2D eigenvalue weighted by Gasteiger charge is -2.06. The molecule has 0 unspecified atom stereocenters. The van der Waals surface area contributed by atoms with Crippen molar-refractivity contribution in [3.63, 3.8) is 0 Å². The normalized spacial score (nSPS) is 11.9. The van der Waals surface area contributed by atoms with Crippen molar-refractivity contribution in [3.8, 4) is 11.1 Å². The van der Waals surface area contributed by atoms with Gasteiger partial charge < -0.3 is 20.7 Å². The van der Waals surface area contributed by atoms with Crippen molar-refractivity contribution in [1.29, 1.82) is 0 Å². The molecule has 6 nitrogen and oxygen atoms in total. The molecule has 0 aliphatic rings. The number of hydrogen-bond acceptors (Lipinski definition) is 5. The van der Waals surface area contributed by atoms with Crippen LogP contribution in [0.2, 0.25) is 10.0 Å². The standard InChI is InChI=1S/C16H13Cl2N3O3S/c1-2-24-16(22)13-11(7-3-8(17)5-9(18)4-7)14-12(20-13)10(6-25-14)15(19)21-23/h3-6,20,23H,2H2,1H3,(H2,19,21). The number of carbonyl (C=O) groups excluding carboxylic acids is 1. The second kappa shape index (κ2) is 6.95. The highest BCUT2D eigenvalue weighted by Gasteiger charge is 2.24. The molecule has 0 amide bonds. The van der Waals surface area contributed by atoms with Crippen LogP contribution in [0.4, 0.5) is 0 Å². The van der Waals surface area contributed by atoms with Crippen LogP contribution in [0.1, 0.15) is 23.0 Å². The summed E-state index contributed by atoms with van der Waals surface area (Å²) >= 11 is 13.6. The minimum absolute atomic E-state index is 0.0569. The second-order valence-electron chi connectivity index (χ2n) is 5.09. The van der Waals surface area contributed by atoms with Crippen molar-refractivity contribution in [2.75, 3.05) is 6.61 Å². The van der Waals surface area contributed by atoms with Crippen molar-refractivity contribution in [3.05, 3.63) is 44.9 Å². The number of halogens is 2. The number of thiophene rings is 1. The Hall–Kier alpha value is -2.22. The molecule has 0 aliphatic carbocycles. The summed E-state index contributed by atoms with van der Waals surface area (Å²) in [5.74, 6) is -0.568. The zero-order valence-corrected chi connectivity index (χ0v) is 15.3. The number of hydrogen-bond donors (Lipinski definition) is 3. The SMILES string of the molecule is CCOC(=O)c1[nH]c2c(C(N)=NO)csc2c1-c1cc(Cl)cc(Cl)c1. The Morgan fingerprint density at radius 3 is 2.64 bits per heavy atom. The number of ether oxygens (including phenoxy) is 1. The van der Waals surface area contributed by atoms with E-state index in [2.05, 4.69) is 10.1 Å². The summed E-state index contributed by atoms with van der Waals surface area (Å²) in [5.41, 5.74) is 8.32. The molecule has 25 heavy (non-hydrogen) atoms. The Balaban J connectivity index is 2.32. The Labute approximate surface area is 156 Å². The van der Waals surface area contributed by atoms with Gasteiger partial charge in [-0.25, -0.2) is 4.79 Å². The van der Waals surface area contributed by atoms with E-state index in [1.165, 1.54) is 11.3 Å². The Kier molecular flexibility index (Phi) is 4.89. The highest BCUT2D eigenvalue weighted by molar-refractivity contribution is 7.18. The maximum Gasteiger partial charge on any atom is 0.355 e. The van der Waals surface area contributed by atoms with Gasteiger partial charge in [0, 0.05) is 21.0 Å². The summed E-state index contributed by atoms with van der Waals surface area (Å²) in [5, 5.41) is 14.6. The topological polar surface area (TPSA) is 101 Å². The molecule has 2 heterocycles. The molecule has 3 rings (SSSR count). The molecule has 4 N–H and O–H groups in total. The number of fused-ring (bicyclic) bond motifs is 1. The van der Waals surface area contributed by atoms with Gasteiger partial charge >= 0.3 is 5.97 Å². The summed E-state index contributed by atoms with van der Waals surface area (Å²) in [6.45, 7) is 1.95. The van der Waals surface area contributed by atoms with Crippen LogP contribution in [-0.2, 0) is 4.74 Å². The van der Waals surface area contributed by atoms with E-state index in [-0.39, 0.29) is 18.1 Å². The molecule has 0 aliphatic heterocycles. The summed E-state index contributed by atoms with van der Waals surface area (Å²) in [7, 11) is 0. The number of rotatable bonds is 4. The molecule has 130 valence electrons. The van der Waals surface area contributed by atoms with E-state index in [0.29, 0.717) is 32.3 Å². The number of esters is 1. The third-order valence-electron chi connectivity index (χ3n) is 3.53. The molecule has 0 spiro atoms. The van der Waals surface area contributed by atoms with Crippen LogP contribution >= 0.6 is 34.5 Å². The number of carbonyl (C=O) groups is 1. The zero-order valence-electron chi connectivity index (χ0n) is 13.0. The molecule has 0 fully saturated rings. The second-order valence-corrected chi connectivity index (χ2v) is 6.84. The van der Waals surface area contributed by atoms with Gasteiger partial charge in [0.15, 0.2) is 5.84 Å². The van der Waals surface area contributed by atoms with Crippen LogP contribution in [0.5, 0.6) is 0 Å². The van der Waals surface area contributed by atoms with Gasteiger partial charge in [-0.3, -0.25) is 0 Å². The average molecular weight is 398 g/mol. The van der Waals surface area contributed by atoms with Gasteiger partial charge in [0.25, 0.3) is 0 Å². The number of amidine groups is 1. The summed E-state index contributed by atoms with van der Waals surface area (Å²) in [4.78, 5) is 15.4. The number of H-pyrrole nitrogens is 1. The van der Waals surface area contributed by atoms with Crippen molar-refractivity contribution >= 4 is 56.6 Å². The molecule has 0 radical (unpaired) electrons. The summed E-state index contributed by atoms with van der Waals surface area (Å²) in [6.07, 6.45) is 0. The van der Waals surface area contributed by atoms with Crippen LogP contribution in [0.25, 0.3) is 21.3 Å². The van der Waals surface area contributed by atoms with E-state index < -0.39 is 5.97 Å². The smallest absolute Gasteiger partial charge is 0.355 e. The van der Waals surface area contributed by atoms with E-state index in [1.807, 2.05) is 0 Å². The van der Waals surface area contributed by atoms with Crippen LogP contribution in [0.3, 0.4) is 0 Å². The van der Waals surface area contributed by atoms with Gasteiger partial charge in [-0.1, -0.05) is 28.4 Å². The number of oxime groups is 1. The van der Waals surface area contributed by atoms with Crippen LogP contribution in [0.15, 0.2) is 28.7 Å². The number of aromatic nitrogens is 1. The predicted molar refractivity (Wildman–Crippen MR) is 100 cm³/mol. The van der Waals surface area contributed by atoms with Crippen LogP contribution in [0, 0.1) is 0 Å². The molecule has 9 heteroatoms. The lowest BCUT2D eigenvalue weighted by molar-refractivity contribution is 0.0521. The molecule has 1 aromatic carbocycles. The van der Waals surface area contributed by atoms with Crippen molar-refractivity contribution in [1.82, 2.24) is 4.98 Å². The van der Waals surface area contributed by atoms with Gasteiger partial charge in [0.2, 0.25) is 0 Å². The maximum absolute atomic E-state index is 12.4. The summed E-state index contributed by atoms with van der Waals surface area (Å²) < 4.78 is 5.89. The van der Waals surface area contributed by atoms with Crippen LogP contribution < -0.4 is 5.73 Å². The number of benzene rings is 1. The molecule has 3 aromatic rings. The molecule has 0 saturated heterocycles. The number of nitrogens with zero attached hydrogens (tertiary/aromatic N) is 1. The van der Waals surface area contributed by atoms with E-state index in [1.54, 1.807) is 30.5 Å². The maximum atomic E-state index is 12.4. The predicted octanol–water partition coefficient (Wildman–Crippen LogP) is 4.47. The molecular formula is C16H13Cl2N3O3S. The quantitative estimate of drug-likeness (QED) is 0.198. The number of nitrogens with two attached hydrogens (primary N) is 1. The number of nitrogens with one attached hydrogen (secondary N) is 1. The first-order valence-electron chi connectivity index (χ1n) is 7.20. The Morgan fingerprint density at radius 2 is 2.04 bits per heavy atom. The van der Waals surface area contributed by atoms with E-state index >= 15 is 0 Å². The van der Waals surface area contributed by atoms with Crippen molar-refractivity contribution in [2.24, 2.45) is 10.9 Å². The first kappa shape index (κ1) is 17.6. The third-order valence-corrected chi connectivity index (χ3v) is 4.97. The number of aromatic amines is 1. The third kappa shape index (κ3) is 3.18. The highest BCUT2D eigenvalue weighted by atomic mass is 35.5. The van der Waals surface area contributed by atoms with Crippen molar-refractivity contribution in [2.45, 2.75) is 6.92 Å². The zero-order chi connectivity index (χ0) is 18.1. The summed E-state index contributed by atoms with van der Waals surface area (Å²) in [6, 6.07) is 5.03. The van der Waals surface area contributed by atoms with Gasteiger partial charge in [0.1, 0.15) is 5.69 Å². The van der Waals surface area contributed by atoms with Gasteiger partial charge in [-0.15, -0.1) is 11.3 Å². The molecule has 0 atom stereocenters. The monoisotopic (exact) mass is 397 g/mol. The molecule has 2 aromatic heterocycles. The Bertz CT molecular complexity index is 974. The van der Waals surface area contributed by atoms with Gasteiger partial charge in [-0.05, 0) is 30.7 Å². The van der Waals surface area contributed by atoms with E-state index in [4.69, 9.17) is 38.9 Å². The fourth-order valence-electron chi connectivity index (χ4n) is 2.54.